The molecule has 1 heterocycles. The number of hydrazine groups is 1. The Morgan fingerprint density at radius 3 is 2.88 bits per heavy atom. The summed E-state index contributed by atoms with van der Waals surface area (Å²) in [5.74, 6) is 0.654. The van der Waals surface area contributed by atoms with Gasteiger partial charge in [0.05, 0.1) is 0 Å². The largest absolute Gasteiger partial charge is 0.289 e. The molecule has 1 atom stereocenters. The molecular weight excluding hydrogens is 212 g/mol. The Morgan fingerprint density at radius 1 is 1.41 bits per heavy atom. The molecule has 1 aliphatic heterocycles. The molecule has 1 aliphatic rings. The molecule has 0 aromatic heterocycles. The number of benzene rings is 1. The van der Waals surface area contributed by atoms with Gasteiger partial charge in [-0.25, -0.2) is 5.01 Å². The Morgan fingerprint density at radius 2 is 2.18 bits per heavy atom. The Kier molecular flexibility index (Phi) is 4.15. The Balaban J connectivity index is 1.95. The van der Waals surface area contributed by atoms with Gasteiger partial charge in [0.25, 0.3) is 0 Å². The molecule has 0 saturated carbocycles. The number of piperidine rings is 1. The van der Waals surface area contributed by atoms with E-state index < -0.39 is 0 Å². The summed E-state index contributed by atoms with van der Waals surface area (Å²) in [6.45, 7) is 3.78. The van der Waals surface area contributed by atoms with Crippen LogP contribution in [0.5, 0.6) is 0 Å². The van der Waals surface area contributed by atoms with Crippen molar-refractivity contribution in [1.82, 2.24) is 10.4 Å². The van der Waals surface area contributed by atoms with Gasteiger partial charge < -0.3 is 0 Å². The van der Waals surface area contributed by atoms with E-state index in [1.807, 2.05) is 13.0 Å². The van der Waals surface area contributed by atoms with Gasteiger partial charge >= 0.3 is 0 Å². The number of hydrogen-bond donors (Lipinski definition) is 1. The summed E-state index contributed by atoms with van der Waals surface area (Å²) in [7, 11) is 0. The van der Waals surface area contributed by atoms with Gasteiger partial charge in [0.2, 0.25) is 5.91 Å². The molecule has 0 bridgehead atoms. The van der Waals surface area contributed by atoms with Crippen LogP contribution in [0.15, 0.2) is 30.3 Å². The number of amides is 1. The number of carbonyl (C=O) groups excluding carboxylic acids is 1. The first-order valence-corrected chi connectivity index (χ1v) is 6.39. The highest BCUT2D eigenvalue weighted by Crippen LogP contribution is 2.25. The number of hydrogen-bond acceptors (Lipinski definition) is 2. The average molecular weight is 232 g/mol. The van der Waals surface area contributed by atoms with Gasteiger partial charge in [0, 0.05) is 19.5 Å². The van der Waals surface area contributed by atoms with Crippen LogP contribution in [-0.2, 0) is 4.79 Å². The predicted molar refractivity (Wildman–Crippen MR) is 68.4 cm³/mol. The van der Waals surface area contributed by atoms with Crippen molar-refractivity contribution in [3.8, 4) is 0 Å². The first-order chi connectivity index (χ1) is 8.29. The van der Waals surface area contributed by atoms with Crippen molar-refractivity contribution in [3.05, 3.63) is 35.9 Å². The minimum atomic E-state index is 0.110. The highest BCUT2D eigenvalue weighted by Gasteiger charge is 2.21. The predicted octanol–water partition coefficient (Wildman–Crippen LogP) is 2.31. The smallest absolute Gasteiger partial charge is 0.233 e. The number of carbonyl (C=O) groups is 1. The molecule has 0 spiro atoms. The maximum atomic E-state index is 11.4. The molecule has 3 heteroatoms. The van der Waals surface area contributed by atoms with Crippen LogP contribution < -0.4 is 5.43 Å². The number of nitrogens with one attached hydrogen (secondary N) is 1. The van der Waals surface area contributed by atoms with Crippen LogP contribution >= 0.6 is 0 Å². The lowest BCUT2D eigenvalue weighted by Gasteiger charge is -2.32. The first-order valence-electron chi connectivity index (χ1n) is 6.39. The normalized spacial score (nSPS) is 21.1. The van der Waals surface area contributed by atoms with Crippen molar-refractivity contribution in [1.29, 1.82) is 0 Å². The lowest BCUT2D eigenvalue weighted by molar-refractivity contribution is -0.126. The lowest BCUT2D eigenvalue weighted by Crippen LogP contribution is -2.46. The quantitative estimate of drug-likeness (QED) is 0.867. The van der Waals surface area contributed by atoms with Crippen molar-refractivity contribution in [2.45, 2.75) is 32.1 Å². The second-order valence-corrected chi connectivity index (χ2v) is 4.58. The Hall–Kier alpha value is -1.35. The molecule has 2 rings (SSSR count). The van der Waals surface area contributed by atoms with Gasteiger partial charge in [-0.15, -0.1) is 0 Å². The molecule has 17 heavy (non-hydrogen) atoms. The van der Waals surface area contributed by atoms with Gasteiger partial charge in [-0.3, -0.25) is 10.2 Å². The molecular formula is C14H20N2O. The molecule has 0 radical (unpaired) electrons. The van der Waals surface area contributed by atoms with E-state index in [4.69, 9.17) is 0 Å². The van der Waals surface area contributed by atoms with Crippen molar-refractivity contribution in [2.75, 3.05) is 13.1 Å². The van der Waals surface area contributed by atoms with Crippen molar-refractivity contribution in [2.24, 2.45) is 0 Å². The zero-order chi connectivity index (χ0) is 12.1. The summed E-state index contributed by atoms with van der Waals surface area (Å²) in [4.78, 5) is 11.4. The van der Waals surface area contributed by atoms with Gasteiger partial charge in [-0.1, -0.05) is 37.3 Å². The summed E-state index contributed by atoms with van der Waals surface area (Å²) in [6.07, 6.45) is 2.90. The fourth-order valence-corrected chi connectivity index (χ4v) is 2.33. The fraction of sp³-hybridized carbons (Fsp3) is 0.500. The third-order valence-corrected chi connectivity index (χ3v) is 3.30. The van der Waals surface area contributed by atoms with Crippen molar-refractivity contribution < 1.29 is 4.79 Å². The molecule has 1 unspecified atom stereocenters. The minimum absolute atomic E-state index is 0.110. The van der Waals surface area contributed by atoms with E-state index in [9.17, 15) is 4.79 Å². The monoisotopic (exact) mass is 232 g/mol. The van der Waals surface area contributed by atoms with E-state index in [2.05, 4.69) is 34.7 Å². The zero-order valence-electron chi connectivity index (χ0n) is 10.4. The topological polar surface area (TPSA) is 32.3 Å². The summed E-state index contributed by atoms with van der Waals surface area (Å²) < 4.78 is 0. The minimum Gasteiger partial charge on any atom is -0.289 e. The highest BCUT2D eigenvalue weighted by atomic mass is 16.2. The van der Waals surface area contributed by atoms with Crippen molar-refractivity contribution >= 4 is 5.91 Å². The second kappa shape index (κ2) is 5.82. The van der Waals surface area contributed by atoms with E-state index in [0.29, 0.717) is 12.3 Å². The maximum absolute atomic E-state index is 11.4. The first kappa shape index (κ1) is 12.1. The van der Waals surface area contributed by atoms with Crippen LogP contribution in [0.2, 0.25) is 0 Å². The van der Waals surface area contributed by atoms with Crippen LogP contribution in [0, 0.1) is 0 Å². The summed E-state index contributed by atoms with van der Waals surface area (Å²) in [6, 6.07) is 10.6. The third kappa shape index (κ3) is 3.30. The molecule has 3 nitrogen and oxygen atoms in total. The summed E-state index contributed by atoms with van der Waals surface area (Å²) in [5, 5.41) is 2.06. The van der Waals surface area contributed by atoms with E-state index in [-0.39, 0.29) is 5.91 Å². The fourth-order valence-electron chi connectivity index (χ4n) is 2.33. The number of nitrogens with zero attached hydrogens (tertiary/aromatic N) is 1. The Bertz CT molecular complexity index is 364. The molecule has 1 N–H and O–H groups in total. The van der Waals surface area contributed by atoms with Gasteiger partial charge in [0.1, 0.15) is 0 Å². The second-order valence-electron chi connectivity index (χ2n) is 4.58. The van der Waals surface area contributed by atoms with E-state index in [1.54, 1.807) is 0 Å². The third-order valence-electron chi connectivity index (χ3n) is 3.30. The van der Waals surface area contributed by atoms with Crippen LogP contribution in [0.1, 0.15) is 37.7 Å². The summed E-state index contributed by atoms with van der Waals surface area (Å²) >= 11 is 0. The highest BCUT2D eigenvalue weighted by molar-refractivity contribution is 5.74. The van der Waals surface area contributed by atoms with Crippen LogP contribution in [0.3, 0.4) is 0 Å². The zero-order valence-corrected chi connectivity index (χ0v) is 10.4. The SMILES string of the molecule is CCC(=O)NN1CCCC(c2ccccc2)C1. The molecule has 1 aromatic rings. The van der Waals surface area contributed by atoms with Gasteiger partial charge in [0.15, 0.2) is 0 Å². The molecule has 1 fully saturated rings. The lowest BCUT2D eigenvalue weighted by atomic mass is 9.91. The molecule has 1 amide bonds. The van der Waals surface area contributed by atoms with Crippen LogP contribution in [-0.4, -0.2) is 24.0 Å². The molecule has 1 aromatic carbocycles. The van der Waals surface area contributed by atoms with E-state index in [1.165, 1.54) is 12.0 Å². The standard InChI is InChI=1S/C14H20N2O/c1-2-14(17)15-16-10-6-9-13(11-16)12-7-4-3-5-8-12/h3-5,7-8,13H,2,6,9-11H2,1H3,(H,15,17). The van der Waals surface area contributed by atoms with Gasteiger partial charge in [-0.05, 0) is 24.3 Å². The van der Waals surface area contributed by atoms with E-state index >= 15 is 0 Å². The molecule has 0 aliphatic carbocycles. The number of rotatable bonds is 3. The van der Waals surface area contributed by atoms with Crippen molar-refractivity contribution in [3.63, 3.8) is 0 Å². The summed E-state index contributed by atoms with van der Waals surface area (Å²) in [5.41, 5.74) is 4.34. The van der Waals surface area contributed by atoms with E-state index in [0.717, 1.165) is 19.5 Å². The molecule has 92 valence electrons. The molecule has 1 saturated heterocycles. The maximum Gasteiger partial charge on any atom is 0.233 e. The average Bonchev–Trinajstić information content (AvgIpc) is 2.40. The Labute approximate surface area is 103 Å². The van der Waals surface area contributed by atoms with Gasteiger partial charge in [-0.2, -0.15) is 0 Å². The van der Waals surface area contributed by atoms with Crippen LogP contribution in [0.4, 0.5) is 0 Å². The van der Waals surface area contributed by atoms with Crippen LogP contribution in [0.25, 0.3) is 0 Å².